The molecule has 0 amide bonds. The normalized spacial score (nSPS) is 13.0. The van der Waals surface area contributed by atoms with Gasteiger partial charge in [0.15, 0.2) is 0 Å². The maximum Gasteiger partial charge on any atom is 0.500 e. The first-order chi connectivity index (χ1) is 11.5. The molecule has 0 atom stereocenters. The van der Waals surface area contributed by atoms with E-state index in [1.54, 1.807) is 13.0 Å². The zero-order valence-electron chi connectivity index (χ0n) is 15.0. The average molecular weight is 373 g/mol. The minimum Gasteiger partial charge on any atom is -0.512 e. The molecule has 7 heteroatoms. The fourth-order valence-corrected chi connectivity index (χ4v) is 5.80. The molecule has 0 fully saturated rings. The lowest BCUT2D eigenvalue weighted by molar-refractivity contribution is 0.0706. The van der Waals surface area contributed by atoms with E-state index < -0.39 is 8.80 Å². The molecule has 1 N–H and O–H groups in total. The van der Waals surface area contributed by atoms with E-state index in [0.29, 0.717) is 49.2 Å². The second-order valence-corrected chi connectivity index (χ2v) is 8.89. The summed E-state index contributed by atoms with van der Waals surface area (Å²) in [7, 11) is -2.71. The first-order valence-corrected chi connectivity index (χ1v) is 11.2. The van der Waals surface area contributed by atoms with E-state index in [2.05, 4.69) is 0 Å². The van der Waals surface area contributed by atoms with Crippen LogP contribution >= 0.6 is 11.3 Å². The van der Waals surface area contributed by atoms with Crippen LogP contribution in [0.25, 0.3) is 0 Å². The van der Waals surface area contributed by atoms with Crippen LogP contribution in [0, 0.1) is 0 Å². The van der Waals surface area contributed by atoms with Crippen LogP contribution < -0.4 is 0 Å². The largest absolute Gasteiger partial charge is 0.512 e. The van der Waals surface area contributed by atoms with Crippen molar-refractivity contribution in [3.05, 3.63) is 33.7 Å². The van der Waals surface area contributed by atoms with E-state index in [0.717, 1.165) is 0 Å². The maximum atomic E-state index is 12.5. The highest BCUT2D eigenvalue weighted by atomic mass is 32.1. The molecule has 136 valence electrons. The Balaban J connectivity index is 2.76. The van der Waals surface area contributed by atoms with Gasteiger partial charge in [0, 0.05) is 31.4 Å². The van der Waals surface area contributed by atoms with Crippen LogP contribution in [0.4, 0.5) is 0 Å². The molecule has 0 spiro atoms. The summed E-state index contributed by atoms with van der Waals surface area (Å²) >= 11 is 1.38. The van der Waals surface area contributed by atoms with E-state index in [4.69, 9.17) is 13.3 Å². The molecule has 0 aromatic carbocycles. The standard InChI is InChI=1S/C17H28O5SSi/c1-5-20-24(21-6-2,22-7-3)13-9-10-15(14(4)18)17(19)16-11-8-12-23-16/h8,11-12,18H,5-7,9-10,13H2,1-4H3/b15-14-. The van der Waals surface area contributed by atoms with Gasteiger partial charge in [-0.3, -0.25) is 4.79 Å². The molecule has 1 aromatic rings. The van der Waals surface area contributed by atoms with Crippen molar-refractivity contribution >= 4 is 25.9 Å². The number of hydrogen-bond acceptors (Lipinski definition) is 6. The molecular weight excluding hydrogens is 344 g/mol. The highest BCUT2D eigenvalue weighted by Gasteiger charge is 2.39. The lowest BCUT2D eigenvalue weighted by Gasteiger charge is -2.28. The average Bonchev–Trinajstić information content (AvgIpc) is 3.06. The summed E-state index contributed by atoms with van der Waals surface area (Å²) < 4.78 is 17.5. The van der Waals surface area contributed by atoms with Crippen LogP contribution in [0.3, 0.4) is 0 Å². The smallest absolute Gasteiger partial charge is 0.500 e. The minimum absolute atomic E-state index is 0.0740. The summed E-state index contributed by atoms with van der Waals surface area (Å²) in [5, 5.41) is 11.8. The summed E-state index contributed by atoms with van der Waals surface area (Å²) in [4.78, 5) is 13.1. The Labute approximate surface area is 149 Å². The van der Waals surface area contributed by atoms with Gasteiger partial charge in [-0.05, 0) is 52.0 Å². The topological polar surface area (TPSA) is 65.0 Å². The number of ketones is 1. The van der Waals surface area contributed by atoms with Gasteiger partial charge in [0.05, 0.1) is 10.6 Å². The summed E-state index contributed by atoms with van der Waals surface area (Å²) in [6, 6.07) is 4.23. The number of carbonyl (C=O) groups excluding carboxylic acids is 1. The lowest BCUT2D eigenvalue weighted by Crippen LogP contribution is -2.45. The van der Waals surface area contributed by atoms with Crippen LogP contribution in [0.5, 0.6) is 0 Å². The lowest BCUT2D eigenvalue weighted by atomic mass is 10.0. The molecule has 0 aliphatic rings. The van der Waals surface area contributed by atoms with Crippen LogP contribution in [0.1, 0.15) is 50.2 Å². The van der Waals surface area contributed by atoms with Crippen molar-refractivity contribution in [2.24, 2.45) is 0 Å². The minimum atomic E-state index is -2.71. The first-order valence-electron chi connectivity index (χ1n) is 8.38. The molecule has 5 nitrogen and oxygen atoms in total. The van der Waals surface area contributed by atoms with Gasteiger partial charge >= 0.3 is 8.80 Å². The van der Waals surface area contributed by atoms with Crippen LogP contribution in [-0.4, -0.2) is 39.5 Å². The summed E-state index contributed by atoms with van der Waals surface area (Å²) in [5.41, 5.74) is 0.449. The molecule has 0 radical (unpaired) electrons. The molecule has 1 aromatic heterocycles. The van der Waals surface area contributed by atoms with Gasteiger partial charge in [0.1, 0.15) is 0 Å². The second kappa shape index (κ2) is 10.8. The quantitative estimate of drug-likeness (QED) is 0.252. The van der Waals surface area contributed by atoms with Gasteiger partial charge in [-0.25, -0.2) is 0 Å². The third-order valence-corrected chi connectivity index (χ3v) is 7.48. The zero-order valence-corrected chi connectivity index (χ0v) is 16.8. The number of allylic oxidation sites excluding steroid dienone is 2. The number of rotatable bonds is 12. The molecule has 0 bridgehead atoms. The van der Waals surface area contributed by atoms with E-state index >= 15 is 0 Å². The number of hydrogen-bond donors (Lipinski definition) is 1. The third-order valence-electron chi connectivity index (χ3n) is 3.46. The maximum absolute atomic E-state index is 12.5. The van der Waals surface area contributed by atoms with Crippen molar-refractivity contribution in [2.75, 3.05) is 19.8 Å². The third kappa shape index (κ3) is 6.14. The zero-order chi connectivity index (χ0) is 18.0. The SMILES string of the molecule is CCO[Si](CCC/C(C(=O)c1cccs1)=C(\C)O)(OCC)OCC. The summed E-state index contributed by atoms with van der Waals surface area (Å²) in [5.74, 6) is -0.0357. The summed E-state index contributed by atoms with van der Waals surface area (Å²) in [6.07, 6.45) is 1.14. The molecule has 0 saturated heterocycles. The Kier molecular flexibility index (Phi) is 9.46. The van der Waals surface area contributed by atoms with Gasteiger partial charge < -0.3 is 18.4 Å². The molecule has 1 heterocycles. The molecule has 0 saturated carbocycles. The number of Topliss-reactive ketones (excluding diaryl/α,β-unsaturated/α-hetero) is 1. The monoisotopic (exact) mass is 372 g/mol. The van der Waals surface area contributed by atoms with Gasteiger partial charge in [-0.1, -0.05) is 6.07 Å². The van der Waals surface area contributed by atoms with E-state index in [1.807, 2.05) is 32.2 Å². The Morgan fingerprint density at radius 3 is 2.17 bits per heavy atom. The van der Waals surface area contributed by atoms with Crippen LogP contribution in [0.15, 0.2) is 28.8 Å². The van der Waals surface area contributed by atoms with Gasteiger partial charge in [-0.2, -0.15) is 0 Å². The van der Waals surface area contributed by atoms with Crippen LogP contribution in [-0.2, 0) is 13.3 Å². The van der Waals surface area contributed by atoms with Crippen molar-refractivity contribution < 1.29 is 23.2 Å². The fourth-order valence-electron chi connectivity index (χ4n) is 2.50. The molecular formula is C17H28O5SSi. The Bertz CT molecular complexity index is 506. The first kappa shape index (κ1) is 21.1. The number of aliphatic hydroxyl groups is 1. The molecule has 0 unspecified atom stereocenters. The predicted octanol–water partition coefficient (Wildman–Crippen LogP) is 4.59. The molecule has 0 aliphatic carbocycles. The van der Waals surface area contributed by atoms with Crippen molar-refractivity contribution in [3.8, 4) is 0 Å². The van der Waals surface area contributed by atoms with Crippen molar-refractivity contribution in [2.45, 2.75) is 46.6 Å². The Morgan fingerprint density at radius 1 is 1.17 bits per heavy atom. The van der Waals surface area contributed by atoms with E-state index in [-0.39, 0.29) is 11.5 Å². The number of carbonyl (C=O) groups is 1. The van der Waals surface area contributed by atoms with Crippen molar-refractivity contribution in [3.63, 3.8) is 0 Å². The highest BCUT2D eigenvalue weighted by molar-refractivity contribution is 7.12. The van der Waals surface area contributed by atoms with Crippen LogP contribution in [0.2, 0.25) is 6.04 Å². The summed E-state index contributed by atoms with van der Waals surface area (Å²) in [6.45, 7) is 8.90. The highest BCUT2D eigenvalue weighted by Crippen LogP contribution is 2.25. The second-order valence-electron chi connectivity index (χ2n) is 5.21. The Morgan fingerprint density at radius 2 is 1.75 bits per heavy atom. The van der Waals surface area contributed by atoms with Gasteiger partial charge in [-0.15, -0.1) is 11.3 Å². The van der Waals surface area contributed by atoms with E-state index in [1.165, 1.54) is 11.3 Å². The predicted molar refractivity (Wildman–Crippen MR) is 98.7 cm³/mol. The fraction of sp³-hybridized carbons (Fsp3) is 0.588. The van der Waals surface area contributed by atoms with E-state index in [9.17, 15) is 9.90 Å². The number of thiophene rings is 1. The number of aliphatic hydroxyl groups excluding tert-OH is 1. The van der Waals surface area contributed by atoms with Crippen molar-refractivity contribution in [1.29, 1.82) is 0 Å². The molecule has 0 aliphatic heterocycles. The molecule has 1 rings (SSSR count). The van der Waals surface area contributed by atoms with Crippen molar-refractivity contribution in [1.82, 2.24) is 0 Å². The Hall–Kier alpha value is -0.993. The van der Waals surface area contributed by atoms with Gasteiger partial charge in [0.2, 0.25) is 5.78 Å². The van der Waals surface area contributed by atoms with Gasteiger partial charge in [0.25, 0.3) is 0 Å². The molecule has 24 heavy (non-hydrogen) atoms.